The summed E-state index contributed by atoms with van der Waals surface area (Å²) in [6, 6.07) is 10.2. The van der Waals surface area contributed by atoms with Crippen molar-refractivity contribution < 1.29 is 17.5 Å². The molecule has 0 amide bonds. The molecule has 0 saturated carbocycles. The minimum Gasteiger partial charge on any atom is -0.496 e. The SMILES string of the molecule is COc1ccc(Cl)cc1CN(C)S(=O)(=O)c1ccccc1F. The first-order chi connectivity index (χ1) is 10.4. The van der Waals surface area contributed by atoms with E-state index in [1.807, 2.05) is 0 Å². The number of halogens is 2. The molecule has 0 aliphatic carbocycles. The predicted octanol–water partition coefficient (Wildman–Crippen LogP) is 3.31. The van der Waals surface area contributed by atoms with Crippen LogP contribution in [0.3, 0.4) is 0 Å². The minimum absolute atomic E-state index is 0.0143. The molecule has 0 aliphatic rings. The van der Waals surface area contributed by atoms with Gasteiger partial charge in [-0.15, -0.1) is 0 Å². The number of sulfonamides is 1. The van der Waals surface area contributed by atoms with Gasteiger partial charge in [-0.2, -0.15) is 4.31 Å². The van der Waals surface area contributed by atoms with Crippen LogP contribution >= 0.6 is 11.6 Å². The number of nitrogens with zero attached hydrogens (tertiary/aromatic N) is 1. The van der Waals surface area contributed by atoms with Gasteiger partial charge in [0.15, 0.2) is 0 Å². The zero-order valence-corrected chi connectivity index (χ0v) is 13.7. The smallest absolute Gasteiger partial charge is 0.246 e. The van der Waals surface area contributed by atoms with Gasteiger partial charge in [-0.3, -0.25) is 0 Å². The van der Waals surface area contributed by atoms with Crippen LogP contribution in [0, 0.1) is 5.82 Å². The van der Waals surface area contributed by atoms with E-state index in [4.69, 9.17) is 16.3 Å². The zero-order chi connectivity index (χ0) is 16.3. The Morgan fingerprint density at radius 1 is 1.23 bits per heavy atom. The second kappa shape index (κ2) is 6.64. The Hall–Kier alpha value is -1.63. The van der Waals surface area contributed by atoms with Gasteiger partial charge in [-0.25, -0.2) is 12.8 Å². The van der Waals surface area contributed by atoms with Gasteiger partial charge in [-0.05, 0) is 30.3 Å². The molecule has 4 nitrogen and oxygen atoms in total. The first-order valence-electron chi connectivity index (χ1n) is 6.39. The molecule has 0 spiro atoms. The van der Waals surface area contributed by atoms with E-state index in [0.29, 0.717) is 16.3 Å². The topological polar surface area (TPSA) is 46.6 Å². The number of rotatable bonds is 5. The Morgan fingerprint density at radius 2 is 1.91 bits per heavy atom. The number of hydrogen-bond donors (Lipinski definition) is 0. The molecule has 0 radical (unpaired) electrons. The molecule has 0 bridgehead atoms. The van der Waals surface area contributed by atoms with Crippen LogP contribution in [0.5, 0.6) is 5.75 Å². The van der Waals surface area contributed by atoms with Gasteiger partial charge >= 0.3 is 0 Å². The van der Waals surface area contributed by atoms with Gasteiger partial charge in [0.25, 0.3) is 0 Å². The number of methoxy groups -OCH3 is 1. The largest absolute Gasteiger partial charge is 0.496 e. The van der Waals surface area contributed by atoms with Gasteiger partial charge in [-0.1, -0.05) is 23.7 Å². The first-order valence-corrected chi connectivity index (χ1v) is 8.21. The van der Waals surface area contributed by atoms with Crippen molar-refractivity contribution in [3.05, 3.63) is 58.9 Å². The summed E-state index contributed by atoms with van der Waals surface area (Å²) < 4.78 is 44.9. The highest BCUT2D eigenvalue weighted by Crippen LogP contribution is 2.26. The molecule has 2 aromatic rings. The molecule has 2 rings (SSSR count). The Morgan fingerprint density at radius 3 is 2.55 bits per heavy atom. The van der Waals surface area contributed by atoms with Gasteiger partial charge in [0.1, 0.15) is 16.5 Å². The van der Waals surface area contributed by atoms with Crippen molar-refractivity contribution in [2.75, 3.05) is 14.2 Å². The van der Waals surface area contributed by atoms with Gasteiger partial charge < -0.3 is 4.74 Å². The maximum atomic E-state index is 13.7. The quantitative estimate of drug-likeness (QED) is 0.836. The summed E-state index contributed by atoms with van der Waals surface area (Å²) >= 11 is 5.93. The van der Waals surface area contributed by atoms with Crippen molar-refractivity contribution in [1.29, 1.82) is 0 Å². The molecule has 0 saturated heterocycles. The lowest BCUT2D eigenvalue weighted by atomic mass is 10.2. The highest BCUT2D eigenvalue weighted by Gasteiger charge is 2.25. The molecule has 0 aliphatic heterocycles. The maximum absolute atomic E-state index is 13.7. The van der Waals surface area contributed by atoms with Crippen LogP contribution < -0.4 is 4.74 Å². The molecular formula is C15H15ClFNO3S. The third kappa shape index (κ3) is 3.40. The van der Waals surface area contributed by atoms with Crippen molar-refractivity contribution >= 4 is 21.6 Å². The Kier molecular flexibility index (Phi) is 5.05. The fourth-order valence-corrected chi connectivity index (χ4v) is 3.42. The van der Waals surface area contributed by atoms with Crippen LogP contribution in [0.2, 0.25) is 5.02 Å². The Labute approximate surface area is 134 Å². The number of ether oxygens (including phenoxy) is 1. The third-order valence-electron chi connectivity index (χ3n) is 3.16. The Balaban J connectivity index is 2.35. The van der Waals surface area contributed by atoms with Crippen LogP contribution in [0.1, 0.15) is 5.56 Å². The summed E-state index contributed by atoms with van der Waals surface area (Å²) in [5, 5.41) is 0.465. The first kappa shape index (κ1) is 16.7. The fraction of sp³-hybridized carbons (Fsp3) is 0.200. The highest BCUT2D eigenvalue weighted by molar-refractivity contribution is 7.89. The second-order valence-corrected chi connectivity index (χ2v) is 7.10. The van der Waals surface area contributed by atoms with Gasteiger partial charge in [0, 0.05) is 24.2 Å². The van der Waals surface area contributed by atoms with E-state index < -0.39 is 15.8 Å². The van der Waals surface area contributed by atoms with Crippen molar-refractivity contribution in [3.63, 3.8) is 0 Å². The zero-order valence-electron chi connectivity index (χ0n) is 12.1. The molecule has 0 unspecified atom stereocenters. The molecule has 7 heteroatoms. The summed E-state index contributed by atoms with van der Waals surface area (Å²) in [5.41, 5.74) is 0.595. The van der Waals surface area contributed by atoms with Gasteiger partial charge in [0.2, 0.25) is 10.0 Å². The lowest BCUT2D eigenvalue weighted by Crippen LogP contribution is -2.27. The average molecular weight is 344 g/mol. The average Bonchev–Trinajstić information content (AvgIpc) is 2.47. The number of benzene rings is 2. The maximum Gasteiger partial charge on any atom is 0.246 e. The molecule has 0 heterocycles. The van der Waals surface area contributed by atoms with E-state index in [1.165, 1.54) is 32.4 Å². The van der Waals surface area contributed by atoms with E-state index in [9.17, 15) is 12.8 Å². The molecule has 0 fully saturated rings. The van der Waals surface area contributed by atoms with Crippen molar-refractivity contribution in [2.45, 2.75) is 11.4 Å². The van der Waals surface area contributed by atoms with Crippen LogP contribution in [0.15, 0.2) is 47.4 Å². The summed E-state index contributed by atoms with van der Waals surface area (Å²) in [6.45, 7) is 0.0143. The van der Waals surface area contributed by atoms with E-state index >= 15 is 0 Å². The van der Waals surface area contributed by atoms with Crippen LogP contribution in [0.4, 0.5) is 4.39 Å². The Bertz CT molecular complexity index is 780. The lowest BCUT2D eigenvalue weighted by molar-refractivity contribution is 0.397. The van der Waals surface area contributed by atoms with Crippen LogP contribution in [-0.2, 0) is 16.6 Å². The van der Waals surface area contributed by atoms with Gasteiger partial charge in [0.05, 0.1) is 7.11 Å². The van der Waals surface area contributed by atoms with Crippen LogP contribution in [-0.4, -0.2) is 26.9 Å². The second-order valence-electron chi connectivity index (χ2n) is 4.65. The van der Waals surface area contributed by atoms with E-state index in [0.717, 1.165) is 10.4 Å². The molecule has 0 atom stereocenters. The molecule has 22 heavy (non-hydrogen) atoms. The summed E-state index contributed by atoms with van der Waals surface area (Å²) in [6.07, 6.45) is 0. The highest BCUT2D eigenvalue weighted by atomic mass is 35.5. The minimum atomic E-state index is -3.95. The van der Waals surface area contributed by atoms with Crippen molar-refractivity contribution in [3.8, 4) is 5.75 Å². The third-order valence-corrected chi connectivity index (χ3v) is 5.23. The van der Waals surface area contributed by atoms with E-state index in [-0.39, 0.29) is 11.4 Å². The van der Waals surface area contributed by atoms with Crippen LogP contribution in [0.25, 0.3) is 0 Å². The summed E-state index contributed by atoms with van der Waals surface area (Å²) in [5.74, 6) is -0.271. The monoisotopic (exact) mass is 343 g/mol. The summed E-state index contributed by atoms with van der Waals surface area (Å²) in [7, 11) is -1.08. The standard InChI is InChI=1S/C15H15ClFNO3S/c1-18(10-11-9-12(16)7-8-14(11)21-2)22(19,20)15-6-4-3-5-13(15)17/h3-9H,10H2,1-2H3. The van der Waals surface area contributed by atoms with E-state index in [1.54, 1.807) is 18.2 Å². The van der Waals surface area contributed by atoms with Crippen molar-refractivity contribution in [2.24, 2.45) is 0 Å². The summed E-state index contributed by atoms with van der Waals surface area (Å²) in [4.78, 5) is -0.363. The molecule has 2 aromatic carbocycles. The normalized spacial score (nSPS) is 11.7. The molecule has 118 valence electrons. The number of hydrogen-bond acceptors (Lipinski definition) is 3. The molecular weight excluding hydrogens is 329 g/mol. The molecule has 0 N–H and O–H groups in total. The fourth-order valence-electron chi connectivity index (χ4n) is 2.02. The van der Waals surface area contributed by atoms with Crippen molar-refractivity contribution in [1.82, 2.24) is 4.31 Å². The van der Waals surface area contributed by atoms with E-state index in [2.05, 4.69) is 0 Å². The predicted molar refractivity (Wildman–Crippen MR) is 83.1 cm³/mol. The lowest BCUT2D eigenvalue weighted by Gasteiger charge is -2.19. The molecule has 0 aromatic heterocycles.